The quantitative estimate of drug-likeness (QED) is 0.876. The van der Waals surface area contributed by atoms with Crippen LogP contribution in [0.25, 0.3) is 0 Å². The van der Waals surface area contributed by atoms with E-state index in [-0.39, 0.29) is 6.61 Å². The topological polar surface area (TPSA) is 45.1 Å². The average Bonchev–Trinajstić information content (AvgIpc) is 2.89. The number of rotatable bonds is 5. The predicted molar refractivity (Wildman–Crippen MR) is 80.8 cm³/mol. The SMILES string of the molecule is OCCCc1cccc(NC2CCc3cccnc32)c1. The number of aliphatic hydroxyl groups is 1. The van der Waals surface area contributed by atoms with Crippen molar-refractivity contribution in [2.45, 2.75) is 31.7 Å². The molecule has 0 fully saturated rings. The van der Waals surface area contributed by atoms with Gasteiger partial charge in [0, 0.05) is 18.5 Å². The second kappa shape index (κ2) is 6.06. The first-order valence-corrected chi connectivity index (χ1v) is 7.27. The highest BCUT2D eigenvalue weighted by Gasteiger charge is 2.23. The summed E-state index contributed by atoms with van der Waals surface area (Å²) < 4.78 is 0. The van der Waals surface area contributed by atoms with Crippen LogP contribution in [0.5, 0.6) is 0 Å². The maximum atomic E-state index is 8.91. The Hall–Kier alpha value is -1.87. The van der Waals surface area contributed by atoms with Crippen molar-refractivity contribution < 1.29 is 5.11 Å². The first-order valence-electron chi connectivity index (χ1n) is 7.27. The average molecular weight is 268 g/mol. The fraction of sp³-hybridized carbons (Fsp3) is 0.353. The molecule has 1 heterocycles. The molecule has 0 radical (unpaired) electrons. The van der Waals surface area contributed by atoms with E-state index in [9.17, 15) is 0 Å². The van der Waals surface area contributed by atoms with Crippen LogP contribution in [0, 0.1) is 0 Å². The molecule has 0 amide bonds. The van der Waals surface area contributed by atoms with E-state index in [1.807, 2.05) is 12.3 Å². The molecule has 3 nitrogen and oxygen atoms in total. The van der Waals surface area contributed by atoms with Crippen LogP contribution in [0.4, 0.5) is 5.69 Å². The minimum Gasteiger partial charge on any atom is -0.396 e. The van der Waals surface area contributed by atoms with Crippen molar-refractivity contribution in [1.29, 1.82) is 0 Å². The highest BCUT2D eigenvalue weighted by Crippen LogP contribution is 2.32. The molecule has 1 atom stereocenters. The van der Waals surface area contributed by atoms with E-state index < -0.39 is 0 Å². The van der Waals surface area contributed by atoms with Crippen molar-refractivity contribution in [3.05, 3.63) is 59.4 Å². The number of aromatic nitrogens is 1. The number of nitrogens with one attached hydrogen (secondary N) is 1. The molecule has 0 aliphatic heterocycles. The Morgan fingerprint density at radius 2 is 2.20 bits per heavy atom. The molecule has 0 bridgehead atoms. The molecule has 1 aliphatic rings. The molecule has 2 aromatic rings. The molecule has 0 saturated heterocycles. The van der Waals surface area contributed by atoms with Gasteiger partial charge in [-0.15, -0.1) is 0 Å². The normalized spacial score (nSPS) is 16.9. The number of nitrogens with zero attached hydrogens (tertiary/aromatic N) is 1. The van der Waals surface area contributed by atoms with Crippen LogP contribution in [0.2, 0.25) is 0 Å². The molecular weight excluding hydrogens is 248 g/mol. The van der Waals surface area contributed by atoms with Gasteiger partial charge in [0.15, 0.2) is 0 Å². The van der Waals surface area contributed by atoms with E-state index in [0.29, 0.717) is 6.04 Å². The Kier molecular flexibility index (Phi) is 3.97. The van der Waals surface area contributed by atoms with Crippen molar-refractivity contribution in [1.82, 2.24) is 4.98 Å². The van der Waals surface area contributed by atoms with Crippen LogP contribution < -0.4 is 5.32 Å². The minimum atomic E-state index is 0.248. The van der Waals surface area contributed by atoms with Crippen molar-refractivity contribution in [3.8, 4) is 0 Å². The number of hydrogen-bond acceptors (Lipinski definition) is 3. The number of fused-ring (bicyclic) bond motifs is 1. The van der Waals surface area contributed by atoms with Crippen LogP contribution in [-0.2, 0) is 12.8 Å². The van der Waals surface area contributed by atoms with E-state index in [0.717, 1.165) is 31.4 Å². The molecule has 1 aromatic heterocycles. The van der Waals surface area contributed by atoms with E-state index in [4.69, 9.17) is 5.11 Å². The first kappa shape index (κ1) is 13.1. The van der Waals surface area contributed by atoms with E-state index >= 15 is 0 Å². The summed E-state index contributed by atoms with van der Waals surface area (Å²) in [6.07, 6.45) is 5.82. The maximum absolute atomic E-state index is 8.91. The molecule has 1 aliphatic carbocycles. The monoisotopic (exact) mass is 268 g/mol. The minimum absolute atomic E-state index is 0.248. The zero-order valence-electron chi connectivity index (χ0n) is 11.5. The predicted octanol–water partition coefficient (Wildman–Crippen LogP) is 3.11. The van der Waals surface area contributed by atoms with E-state index in [1.54, 1.807) is 0 Å². The molecule has 20 heavy (non-hydrogen) atoms. The number of benzene rings is 1. The Morgan fingerprint density at radius 1 is 1.25 bits per heavy atom. The van der Waals surface area contributed by atoms with Crippen molar-refractivity contribution >= 4 is 5.69 Å². The fourth-order valence-corrected chi connectivity index (χ4v) is 2.85. The Bertz CT molecular complexity index is 583. The van der Waals surface area contributed by atoms with Gasteiger partial charge in [0.2, 0.25) is 0 Å². The molecule has 3 heteroatoms. The van der Waals surface area contributed by atoms with Gasteiger partial charge >= 0.3 is 0 Å². The lowest BCUT2D eigenvalue weighted by Crippen LogP contribution is -2.08. The van der Waals surface area contributed by atoms with Crippen molar-refractivity contribution in [2.75, 3.05) is 11.9 Å². The van der Waals surface area contributed by atoms with Gasteiger partial charge in [0.05, 0.1) is 11.7 Å². The summed E-state index contributed by atoms with van der Waals surface area (Å²) in [5.41, 5.74) is 4.96. The summed E-state index contributed by atoms with van der Waals surface area (Å²) in [5.74, 6) is 0. The molecule has 2 N–H and O–H groups in total. The maximum Gasteiger partial charge on any atom is 0.0691 e. The lowest BCUT2D eigenvalue weighted by Gasteiger charge is -2.15. The van der Waals surface area contributed by atoms with E-state index in [2.05, 4.69) is 40.6 Å². The summed E-state index contributed by atoms with van der Waals surface area (Å²) in [7, 11) is 0. The van der Waals surface area contributed by atoms with Crippen LogP contribution in [0.1, 0.15) is 35.7 Å². The molecule has 3 rings (SSSR count). The van der Waals surface area contributed by atoms with Crippen LogP contribution in [0.3, 0.4) is 0 Å². The third-order valence-corrected chi connectivity index (χ3v) is 3.85. The lowest BCUT2D eigenvalue weighted by atomic mass is 10.1. The lowest BCUT2D eigenvalue weighted by molar-refractivity contribution is 0.288. The third kappa shape index (κ3) is 2.83. The Labute approximate surface area is 119 Å². The molecule has 1 unspecified atom stereocenters. The van der Waals surface area contributed by atoms with Gasteiger partial charge in [-0.1, -0.05) is 18.2 Å². The highest BCUT2D eigenvalue weighted by atomic mass is 16.2. The fourth-order valence-electron chi connectivity index (χ4n) is 2.85. The van der Waals surface area contributed by atoms with Crippen molar-refractivity contribution in [3.63, 3.8) is 0 Å². The summed E-state index contributed by atoms with van der Waals surface area (Å²) in [4.78, 5) is 4.51. The van der Waals surface area contributed by atoms with Gasteiger partial charge in [-0.05, 0) is 55.0 Å². The van der Waals surface area contributed by atoms with Crippen LogP contribution in [0.15, 0.2) is 42.6 Å². The molecular formula is C17H20N2O. The van der Waals surface area contributed by atoms with Gasteiger partial charge in [-0.2, -0.15) is 0 Å². The third-order valence-electron chi connectivity index (χ3n) is 3.85. The van der Waals surface area contributed by atoms with Gasteiger partial charge in [0.25, 0.3) is 0 Å². The Morgan fingerprint density at radius 3 is 3.10 bits per heavy atom. The van der Waals surface area contributed by atoms with Crippen molar-refractivity contribution in [2.24, 2.45) is 0 Å². The summed E-state index contributed by atoms with van der Waals surface area (Å²) in [5, 5.41) is 12.5. The number of pyridine rings is 1. The second-order valence-corrected chi connectivity index (χ2v) is 5.31. The van der Waals surface area contributed by atoms with Gasteiger partial charge in [0.1, 0.15) is 0 Å². The number of anilines is 1. The molecule has 0 spiro atoms. The first-order chi connectivity index (χ1) is 9.86. The zero-order valence-corrected chi connectivity index (χ0v) is 11.5. The van der Waals surface area contributed by atoms with Gasteiger partial charge in [-0.3, -0.25) is 4.98 Å². The number of aryl methyl sites for hydroxylation is 2. The Balaban J connectivity index is 1.72. The van der Waals surface area contributed by atoms with Gasteiger partial charge in [-0.25, -0.2) is 0 Å². The number of hydrogen-bond donors (Lipinski definition) is 2. The zero-order chi connectivity index (χ0) is 13.8. The van der Waals surface area contributed by atoms with Gasteiger partial charge < -0.3 is 10.4 Å². The summed E-state index contributed by atoms with van der Waals surface area (Å²) in [6.45, 7) is 0.248. The largest absolute Gasteiger partial charge is 0.396 e. The highest BCUT2D eigenvalue weighted by molar-refractivity contribution is 5.48. The summed E-state index contributed by atoms with van der Waals surface area (Å²) in [6, 6.07) is 13.0. The van der Waals surface area contributed by atoms with E-state index in [1.165, 1.54) is 16.8 Å². The molecule has 104 valence electrons. The standard InChI is InChI=1S/C17H20N2O/c20-11-3-5-13-4-1-7-15(12-13)19-16-9-8-14-6-2-10-18-17(14)16/h1-2,4,6-7,10,12,16,19-20H,3,5,8-9,11H2. The van der Waals surface area contributed by atoms with Crippen LogP contribution >= 0.6 is 0 Å². The molecule has 0 saturated carbocycles. The summed E-state index contributed by atoms with van der Waals surface area (Å²) >= 11 is 0. The van der Waals surface area contributed by atoms with Crippen LogP contribution in [-0.4, -0.2) is 16.7 Å². The second-order valence-electron chi connectivity index (χ2n) is 5.31. The smallest absolute Gasteiger partial charge is 0.0691 e. The number of aliphatic hydroxyl groups excluding tert-OH is 1. The molecule has 1 aromatic carbocycles.